The minimum atomic E-state index is -0.180. The number of anilines is 2. The first-order chi connectivity index (χ1) is 9.99. The summed E-state index contributed by atoms with van der Waals surface area (Å²) in [7, 11) is 1.51. The largest absolute Gasteiger partial charge is 0.494 e. The standard InChI is InChI=1S/C15H21N3O3/c1-9(19)17-13-6-5-11(7-14(13)21-2)18-15(20)8-12(16)10-3-4-10/h5-7,10,12H,3-4,8,16H2,1-2H3,(H,17,19)(H,18,20). The zero-order valence-corrected chi connectivity index (χ0v) is 12.3. The van der Waals surface area contributed by atoms with E-state index in [9.17, 15) is 9.59 Å². The average Bonchev–Trinajstić information content (AvgIpc) is 3.24. The van der Waals surface area contributed by atoms with Crippen molar-refractivity contribution in [1.29, 1.82) is 0 Å². The molecule has 1 aliphatic rings. The molecular weight excluding hydrogens is 270 g/mol. The highest BCUT2D eigenvalue weighted by Gasteiger charge is 2.29. The lowest BCUT2D eigenvalue weighted by Gasteiger charge is -2.13. The Bertz CT molecular complexity index is 541. The van der Waals surface area contributed by atoms with Crippen LogP contribution < -0.4 is 21.1 Å². The van der Waals surface area contributed by atoms with Gasteiger partial charge in [0.1, 0.15) is 5.75 Å². The Labute approximate surface area is 124 Å². The van der Waals surface area contributed by atoms with Gasteiger partial charge in [0.2, 0.25) is 11.8 Å². The molecule has 1 unspecified atom stereocenters. The summed E-state index contributed by atoms with van der Waals surface area (Å²) in [6, 6.07) is 5.02. The summed E-state index contributed by atoms with van der Waals surface area (Å²) in [5, 5.41) is 5.46. The predicted octanol–water partition coefficient (Wildman–Crippen LogP) is 1.72. The molecule has 1 saturated carbocycles. The van der Waals surface area contributed by atoms with Crippen LogP contribution in [0.4, 0.5) is 11.4 Å². The van der Waals surface area contributed by atoms with Gasteiger partial charge in [-0.15, -0.1) is 0 Å². The molecule has 0 aliphatic heterocycles. The molecule has 2 amide bonds. The number of hydrogen-bond donors (Lipinski definition) is 3. The highest BCUT2D eigenvalue weighted by molar-refractivity contribution is 5.94. The topological polar surface area (TPSA) is 93.4 Å². The molecule has 0 bridgehead atoms. The molecule has 1 atom stereocenters. The van der Waals surface area contributed by atoms with Crippen LogP contribution in [0.2, 0.25) is 0 Å². The number of ether oxygens (including phenoxy) is 1. The molecule has 0 aromatic heterocycles. The van der Waals surface area contributed by atoms with Crippen LogP contribution in [0.3, 0.4) is 0 Å². The number of methoxy groups -OCH3 is 1. The lowest BCUT2D eigenvalue weighted by atomic mass is 10.1. The highest BCUT2D eigenvalue weighted by atomic mass is 16.5. The van der Waals surface area contributed by atoms with Crippen molar-refractivity contribution in [3.05, 3.63) is 18.2 Å². The normalized spacial score (nSPS) is 15.2. The van der Waals surface area contributed by atoms with Crippen molar-refractivity contribution in [2.45, 2.75) is 32.2 Å². The van der Waals surface area contributed by atoms with Gasteiger partial charge >= 0.3 is 0 Å². The highest BCUT2D eigenvalue weighted by Crippen LogP contribution is 2.33. The summed E-state index contributed by atoms with van der Waals surface area (Å²) in [6.45, 7) is 1.42. The Hall–Kier alpha value is -2.08. The number of amides is 2. The van der Waals surface area contributed by atoms with Crippen molar-refractivity contribution < 1.29 is 14.3 Å². The summed E-state index contributed by atoms with van der Waals surface area (Å²) in [6.07, 6.45) is 2.56. The molecule has 1 aromatic carbocycles. The van der Waals surface area contributed by atoms with E-state index in [-0.39, 0.29) is 17.9 Å². The molecule has 21 heavy (non-hydrogen) atoms. The molecule has 4 N–H and O–H groups in total. The van der Waals surface area contributed by atoms with Crippen molar-refractivity contribution in [3.63, 3.8) is 0 Å². The van der Waals surface area contributed by atoms with Crippen LogP contribution in [0.15, 0.2) is 18.2 Å². The third-order valence-corrected chi connectivity index (χ3v) is 3.44. The Balaban J connectivity index is 1.99. The smallest absolute Gasteiger partial charge is 0.225 e. The summed E-state index contributed by atoms with van der Waals surface area (Å²) in [5.74, 6) is 0.700. The number of rotatable bonds is 6. The molecular formula is C15H21N3O3. The first-order valence-electron chi connectivity index (χ1n) is 7.00. The van der Waals surface area contributed by atoms with Crippen LogP contribution in [-0.2, 0) is 9.59 Å². The molecule has 114 valence electrons. The van der Waals surface area contributed by atoms with Gasteiger partial charge in [-0.2, -0.15) is 0 Å². The Kier molecular flexibility index (Phi) is 4.80. The molecule has 0 radical (unpaired) electrons. The molecule has 6 heteroatoms. The quantitative estimate of drug-likeness (QED) is 0.744. The van der Waals surface area contributed by atoms with E-state index < -0.39 is 0 Å². The van der Waals surface area contributed by atoms with Crippen molar-refractivity contribution in [2.75, 3.05) is 17.7 Å². The van der Waals surface area contributed by atoms with Crippen LogP contribution in [-0.4, -0.2) is 25.0 Å². The minimum Gasteiger partial charge on any atom is -0.494 e. The number of nitrogens with two attached hydrogens (primary N) is 1. The summed E-state index contributed by atoms with van der Waals surface area (Å²) in [4.78, 5) is 23.0. The average molecular weight is 291 g/mol. The van der Waals surface area contributed by atoms with Crippen LogP contribution in [0.5, 0.6) is 5.75 Å². The van der Waals surface area contributed by atoms with Crippen molar-refractivity contribution in [2.24, 2.45) is 11.7 Å². The lowest BCUT2D eigenvalue weighted by Crippen LogP contribution is -2.28. The van der Waals surface area contributed by atoms with Crippen LogP contribution in [0.1, 0.15) is 26.2 Å². The van der Waals surface area contributed by atoms with Gasteiger partial charge in [0.05, 0.1) is 12.8 Å². The molecule has 0 heterocycles. The van der Waals surface area contributed by atoms with Crippen LogP contribution >= 0.6 is 0 Å². The van der Waals surface area contributed by atoms with E-state index in [1.165, 1.54) is 14.0 Å². The number of carbonyl (C=O) groups excluding carboxylic acids is 2. The molecule has 6 nitrogen and oxygen atoms in total. The Morgan fingerprint density at radius 2 is 2.10 bits per heavy atom. The monoisotopic (exact) mass is 291 g/mol. The van der Waals surface area contributed by atoms with E-state index in [2.05, 4.69) is 10.6 Å². The van der Waals surface area contributed by atoms with Gasteiger partial charge < -0.3 is 21.1 Å². The second-order valence-electron chi connectivity index (χ2n) is 5.35. The Morgan fingerprint density at radius 1 is 1.38 bits per heavy atom. The van der Waals surface area contributed by atoms with E-state index in [4.69, 9.17) is 10.5 Å². The van der Waals surface area contributed by atoms with Gasteiger partial charge in [-0.3, -0.25) is 9.59 Å². The molecule has 1 aliphatic carbocycles. The van der Waals surface area contributed by atoms with Gasteiger partial charge in [0.25, 0.3) is 0 Å². The molecule has 0 spiro atoms. The van der Waals surface area contributed by atoms with Gasteiger partial charge in [0, 0.05) is 31.1 Å². The number of carbonyl (C=O) groups is 2. The van der Waals surface area contributed by atoms with Crippen molar-refractivity contribution in [3.8, 4) is 5.75 Å². The number of nitrogens with one attached hydrogen (secondary N) is 2. The third kappa shape index (κ3) is 4.46. The fourth-order valence-electron chi connectivity index (χ4n) is 2.18. The number of hydrogen-bond acceptors (Lipinski definition) is 4. The predicted molar refractivity (Wildman–Crippen MR) is 81.2 cm³/mol. The number of benzene rings is 1. The Morgan fingerprint density at radius 3 is 2.67 bits per heavy atom. The summed E-state index contributed by atoms with van der Waals surface area (Å²) >= 11 is 0. The third-order valence-electron chi connectivity index (χ3n) is 3.44. The first kappa shape index (κ1) is 15.3. The summed E-state index contributed by atoms with van der Waals surface area (Å²) < 4.78 is 5.21. The minimum absolute atomic E-state index is 0.0643. The summed E-state index contributed by atoms with van der Waals surface area (Å²) in [5.41, 5.74) is 7.12. The van der Waals surface area contributed by atoms with Gasteiger partial charge in [-0.1, -0.05) is 0 Å². The fraction of sp³-hybridized carbons (Fsp3) is 0.467. The SMILES string of the molecule is COc1cc(NC(=O)CC(N)C2CC2)ccc1NC(C)=O. The second-order valence-corrected chi connectivity index (χ2v) is 5.35. The fourth-order valence-corrected chi connectivity index (χ4v) is 2.18. The molecule has 1 fully saturated rings. The first-order valence-corrected chi connectivity index (χ1v) is 7.00. The van der Waals surface area contributed by atoms with Gasteiger partial charge in [-0.05, 0) is 30.9 Å². The van der Waals surface area contributed by atoms with E-state index in [0.717, 1.165) is 12.8 Å². The molecule has 2 rings (SSSR count). The van der Waals surface area contributed by atoms with E-state index in [1.54, 1.807) is 18.2 Å². The zero-order valence-electron chi connectivity index (χ0n) is 12.3. The second kappa shape index (κ2) is 6.58. The zero-order chi connectivity index (χ0) is 15.4. The van der Waals surface area contributed by atoms with E-state index in [0.29, 0.717) is 29.5 Å². The lowest BCUT2D eigenvalue weighted by molar-refractivity contribution is -0.116. The van der Waals surface area contributed by atoms with E-state index in [1.807, 2.05) is 0 Å². The maximum Gasteiger partial charge on any atom is 0.225 e. The molecule has 1 aromatic rings. The van der Waals surface area contributed by atoms with Crippen molar-refractivity contribution in [1.82, 2.24) is 0 Å². The van der Waals surface area contributed by atoms with Crippen LogP contribution in [0, 0.1) is 5.92 Å². The van der Waals surface area contributed by atoms with E-state index >= 15 is 0 Å². The van der Waals surface area contributed by atoms with Gasteiger partial charge in [-0.25, -0.2) is 0 Å². The maximum atomic E-state index is 11.9. The van der Waals surface area contributed by atoms with Crippen LogP contribution in [0.25, 0.3) is 0 Å². The molecule has 0 saturated heterocycles. The van der Waals surface area contributed by atoms with Gasteiger partial charge in [0.15, 0.2) is 0 Å². The maximum absolute atomic E-state index is 11.9. The van der Waals surface area contributed by atoms with Crippen molar-refractivity contribution >= 4 is 23.2 Å².